The molecule has 1 aliphatic heterocycles. The van der Waals surface area contributed by atoms with E-state index in [0.29, 0.717) is 32.0 Å². The number of benzene rings is 1. The maximum atomic E-state index is 13.5. The van der Waals surface area contributed by atoms with E-state index in [4.69, 9.17) is 4.74 Å². The van der Waals surface area contributed by atoms with Crippen LogP contribution in [0.3, 0.4) is 0 Å². The van der Waals surface area contributed by atoms with Gasteiger partial charge >= 0.3 is 0 Å². The molecule has 0 bridgehead atoms. The Balaban J connectivity index is 1.67. The van der Waals surface area contributed by atoms with Gasteiger partial charge < -0.3 is 14.5 Å². The zero-order valence-corrected chi connectivity index (χ0v) is 18.2. The summed E-state index contributed by atoms with van der Waals surface area (Å²) in [5.74, 6) is -0.175. The van der Waals surface area contributed by atoms with Crippen LogP contribution in [-0.4, -0.2) is 58.9 Å². The van der Waals surface area contributed by atoms with Crippen molar-refractivity contribution in [3.05, 3.63) is 65.7 Å². The molecule has 2 heterocycles. The van der Waals surface area contributed by atoms with E-state index in [9.17, 15) is 14.0 Å². The van der Waals surface area contributed by atoms with Crippen LogP contribution in [0.25, 0.3) is 0 Å². The number of carbonyl (C=O) groups is 2. The normalized spacial score (nSPS) is 17.2. The second-order valence-electron chi connectivity index (χ2n) is 8.35. The van der Waals surface area contributed by atoms with Gasteiger partial charge in [-0.1, -0.05) is 32.0 Å². The van der Waals surface area contributed by atoms with Crippen LogP contribution in [0.5, 0.6) is 0 Å². The van der Waals surface area contributed by atoms with Gasteiger partial charge in [0.2, 0.25) is 11.8 Å². The van der Waals surface area contributed by atoms with E-state index in [2.05, 4.69) is 18.8 Å². The van der Waals surface area contributed by atoms with Crippen LogP contribution in [0, 0.1) is 11.7 Å². The summed E-state index contributed by atoms with van der Waals surface area (Å²) in [7, 11) is 0. The molecular formula is C24H30FN3O3. The van der Waals surface area contributed by atoms with E-state index in [1.165, 1.54) is 12.1 Å². The standard InChI is InChI=1S/C24H30FN3O3/c1-18(2)13-27-14-22(31-17-19-6-5-7-20(25)12-19)15-28(16-24(27)30)23(29)10-9-21-8-3-4-11-26-21/h3-8,11-12,18,22H,9-10,13-17H2,1-2H3/t22-/m0/s1. The number of rotatable bonds is 8. The Morgan fingerprint density at radius 1 is 1.23 bits per heavy atom. The molecule has 0 N–H and O–H groups in total. The van der Waals surface area contributed by atoms with Crippen molar-refractivity contribution < 1.29 is 18.7 Å². The first-order chi connectivity index (χ1) is 14.9. The number of nitrogens with zero attached hydrogens (tertiary/aromatic N) is 3. The summed E-state index contributed by atoms with van der Waals surface area (Å²) in [5, 5.41) is 0. The van der Waals surface area contributed by atoms with E-state index < -0.39 is 0 Å². The van der Waals surface area contributed by atoms with Crippen molar-refractivity contribution in [3.8, 4) is 0 Å². The van der Waals surface area contributed by atoms with E-state index >= 15 is 0 Å². The number of hydrogen-bond donors (Lipinski definition) is 0. The summed E-state index contributed by atoms with van der Waals surface area (Å²) in [6, 6.07) is 11.9. The van der Waals surface area contributed by atoms with E-state index in [1.807, 2.05) is 18.2 Å². The average molecular weight is 428 g/mol. The van der Waals surface area contributed by atoms with Gasteiger partial charge in [0.05, 0.1) is 19.3 Å². The predicted octanol–water partition coefficient (Wildman–Crippen LogP) is 3.07. The van der Waals surface area contributed by atoms with Gasteiger partial charge in [-0.25, -0.2) is 4.39 Å². The Hall–Kier alpha value is -2.80. The SMILES string of the molecule is CC(C)CN1C[C@H](OCc2cccc(F)c2)CN(C(=O)CCc2ccccn2)CC1=O. The minimum atomic E-state index is -0.340. The lowest BCUT2D eigenvalue weighted by Gasteiger charge is -2.26. The number of hydrogen-bond acceptors (Lipinski definition) is 4. The minimum absolute atomic E-state index is 0.0492. The van der Waals surface area contributed by atoms with Crippen molar-refractivity contribution in [3.63, 3.8) is 0 Å². The number of aromatic nitrogens is 1. The number of carbonyl (C=O) groups excluding carboxylic acids is 2. The van der Waals surface area contributed by atoms with Crippen LogP contribution in [-0.2, 0) is 27.4 Å². The monoisotopic (exact) mass is 427 g/mol. The van der Waals surface area contributed by atoms with Crippen LogP contribution < -0.4 is 0 Å². The van der Waals surface area contributed by atoms with Gasteiger partial charge in [0, 0.05) is 37.9 Å². The molecule has 3 rings (SSSR count). The molecule has 0 unspecified atom stereocenters. The van der Waals surface area contributed by atoms with Crippen LogP contribution in [0.2, 0.25) is 0 Å². The van der Waals surface area contributed by atoms with Gasteiger partial charge in [0.1, 0.15) is 5.82 Å². The molecule has 1 aromatic heterocycles. The molecule has 1 atom stereocenters. The molecule has 1 saturated heterocycles. The fraction of sp³-hybridized carbons (Fsp3) is 0.458. The molecule has 0 radical (unpaired) electrons. The Morgan fingerprint density at radius 3 is 2.77 bits per heavy atom. The van der Waals surface area contributed by atoms with Gasteiger partial charge in [-0.3, -0.25) is 14.6 Å². The average Bonchev–Trinajstić information content (AvgIpc) is 2.90. The molecule has 7 heteroatoms. The third-order valence-corrected chi connectivity index (χ3v) is 5.16. The molecule has 2 amide bonds. The summed E-state index contributed by atoms with van der Waals surface area (Å²) in [4.78, 5) is 33.3. The lowest BCUT2D eigenvalue weighted by atomic mass is 10.2. The highest BCUT2D eigenvalue weighted by Crippen LogP contribution is 2.15. The third kappa shape index (κ3) is 7.14. The van der Waals surface area contributed by atoms with Crippen LogP contribution >= 0.6 is 0 Å². The van der Waals surface area contributed by atoms with Gasteiger partial charge in [-0.2, -0.15) is 0 Å². The first-order valence-electron chi connectivity index (χ1n) is 10.7. The second-order valence-corrected chi connectivity index (χ2v) is 8.35. The maximum Gasteiger partial charge on any atom is 0.242 e. The summed E-state index contributed by atoms with van der Waals surface area (Å²) >= 11 is 0. The molecule has 1 aromatic carbocycles. The fourth-order valence-corrected chi connectivity index (χ4v) is 3.67. The number of amides is 2. The number of pyridine rings is 1. The molecule has 0 aliphatic carbocycles. The van der Waals surface area contributed by atoms with Gasteiger partial charge in [0.25, 0.3) is 0 Å². The smallest absolute Gasteiger partial charge is 0.242 e. The molecule has 31 heavy (non-hydrogen) atoms. The van der Waals surface area contributed by atoms with Gasteiger partial charge in [-0.05, 0) is 42.2 Å². The quantitative estimate of drug-likeness (QED) is 0.650. The first kappa shape index (κ1) is 22.9. The zero-order chi connectivity index (χ0) is 22.2. The lowest BCUT2D eigenvalue weighted by Crippen LogP contribution is -2.40. The summed E-state index contributed by atoms with van der Waals surface area (Å²) < 4.78 is 19.5. The topological polar surface area (TPSA) is 62.7 Å². The van der Waals surface area contributed by atoms with Crippen molar-refractivity contribution in [2.24, 2.45) is 5.92 Å². The molecule has 2 aromatic rings. The number of aryl methyl sites for hydroxylation is 1. The Kier molecular flexibility index (Phi) is 8.12. The zero-order valence-electron chi connectivity index (χ0n) is 18.2. The molecular weight excluding hydrogens is 397 g/mol. The Labute approximate surface area is 183 Å². The van der Waals surface area contributed by atoms with Crippen molar-refractivity contribution in [2.75, 3.05) is 26.2 Å². The lowest BCUT2D eigenvalue weighted by molar-refractivity contribution is -0.139. The molecule has 0 saturated carbocycles. The molecule has 166 valence electrons. The highest BCUT2D eigenvalue weighted by atomic mass is 19.1. The number of halogens is 1. The molecule has 6 nitrogen and oxygen atoms in total. The highest BCUT2D eigenvalue weighted by Gasteiger charge is 2.31. The first-order valence-corrected chi connectivity index (χ1v) is 10.7. The summed E-state index contributed by atoms with van der Waals surface area (Å²) in [6.07, 6.45) is 2.17. The van der Waals surface area contributed by atoms with E-state index in [-0.39, 0.29) is 43.3 Å². The van der Waals surface area contributed by atoms with E-state index in [0.717, 1.165) is 11.3 Å². The third-order valence-electron chi connectivity index (χ3n) is 5.16. The van der Waals surface area contributed by atoms with Crippen LogP contribution in [0.1, 0.15) is 31.5 Å². The maximum absolute atomic E-state index is 13.5. The Morgan fingerprint density at radius 2 is 2.06 bits per heavy atom. The molecule has 0 spiro atoms. The van der Waals surface area contributed by atoms with Gasteiger partial charge in [-0.15, -0.1) is 0 Å². The minimum Gasteiger partial charge on any atom is -0.370 e. The van der Waals surface area contributed by atoms with Gasteiger partial charge in [0.15, 0.2) is 0 Å². The summed E-state index contributed by atoms with van der Waals surface area (Å²) in [6.45, 7) is 5.73. The fourth-order valence-electron chi connectivity index (χ4n) is 3.67. The number of ether oxygens (including phenoxy) is 1. The summed E-state index contributed by atoms with van der Waals surface area (Å²) in [5.41, 5.74) is 1.57. The van der Waals surface area contributed by atoms with Crippen LogP contribution in [0.15, 0.2) is 48.7 Å². The van der Waals surface area contributed by atoms with Crippen molar-refractivity contribution in [1.29, 1.82) is 0 Å². The van der Waals surface area contributed by atoms with Crippen LogP contribution in [0.4, 0.5) is 4.39 Å². The highest BCUT2D eigenvalue weighted by molar-refractivity contribution is 5.85. The van der Waals surface area contributed by atoms with Crippen molar-refractivity contribution in [2.45, 2.75) is 39.4 Å². The molecule has 1 aliphatic rings. The largest absolute Gasteiger partial charge is 0.370 e. The Bertz CT molecular complexity index is 875. The van der Waals surface area contributed by atoms with Crippen molar-refractivity contribution in [1.82, 2.24) is 14.8 Å². The second kappa shape index (κ2) is 11.0. The molecule has 1 fully saturated rings. The predicted molar refractivity (Wildman–Crippen MR) is 116 cm³/mol. The van der Waals surface area contributed by atoms with Crippen molar-refractivity contribution >= 4 is 11.8 Å². The van der Waals surface area contributed by atoms with E-state index in [1.54, 1.807) is 28.1 Å².